The molecule has 0 amide bonds. The van der Waals surface area contributed by atoms with E-state index in [-0.39, 0.29) is 115 Å². The Morgan fingerprint density at radius 3 is 1.13 bits per heavy atom. The minimum absolute atomic E-state index is 0. The number of allylic oxidation sites excluding steroid dienone is 2. The summed E-state index contributed by atoms with van der Waals surface area (Å²) in [5.74, 6) is 6.09. The van der Waals surface area contributed by atoms with Crippen molar-refractivity contribution in [3.8, 4) is 0 Å². The molecule has 646 valence electrons. The fourth-order valence-corrected chi connectivity index (χ4v) is 32.0. The van der Waals surface area contributed by atoms with Crippen molar-refractivity contribution in [2.75, 3.05) is 19.8 Å². The number of phosphoric acid groups is 1. The number of rotatable bonds is 12. The zero-order valence-corrected chi connectivity index (χ0v) is 78.2. The van der Waals surface area contributed by atoms with E-state index in [0.29, 0.717) is 94.3 Å². The van der Waals surface area contributed by atoms with Crippen molar-refractivity contribution in [1.29, 1.82) is 0 Å². The average molecular weight is 1630 g/mol. The molecule has 10 saturated carbocycles. The third kappa shape index (κ3) is 16.7. The quantitative estimate of drug-likeness (QED) is 0.112. The molecule has 0 aromatic rings. The molecule has 13 fully saturated rings. The molecule has 0 aromatic carbocycles. The van der Waals surface area contributed by atoms with Gasteiger partial charge in [-0.15, -0.1) is 0 Å². The average Bonchev–Trinajstić information content (AvgIpc) is 1.62. The summed E-state index contributed by atoms with van der Waals surface area (Å²) in [5.41, 5.74) is 1.52. The molecule has 18 heteroatoms. The zero-order valence-electron chi connectivity index (χ0n) is 74.3. The molecule has 3 heterocycles. The fourth-order valence-electron chi connectivity index (χ4n) is 26.4. The van der Waals surface area contributed by atoms with Crippen molar-refractivity contribution < 1.29 is 64.9 Å². The minimum atomic E-state index is -3.65. The van der Waals surface area contributed by atoms with Crippen LogP contribution >= 0.6 is 7.82 Å². The lowest BCUT2D eigenvalue weighted by Gasteiger charge is -2.63. The maximum absolute atomic E-state index is 13.3. The molecule has 0 bridgehead atoms. The number of phosphoric ester groups is 1. The van der Waals surface area contributed by atoms with Gasteiger partial charge in [-0.05, 0) is 324 Å². The molecule has 27 atom stereocenters. The van der Waals surface area contributed by atoms with Gasteiger partial charge in [0.1, 0.15) is 5.76 Å². The van der Waals surface area contributed by atoms with Crippen LogP contribution in [-0.4, -0.2) is 122 Å². The van der Waals surface area contributed by atoms with Crippen molar-refractivity contribution >= 4 is 32.8 Å². The zero-order chi connectivity index (χ0) is 79.6. The molecule has 0 spiro atoms. The molecular formula is C93H173O14PSi3. The van der Waals surface area contributed by atoms with Gasteiger partial charge in [0.25, 0.3) is 0 Å². The number of hydrogen-bond acceptors (Lipinski definition) is 14. The van der Waals surface area contributed by atoms with Crippen molar-refractivity contribution in [2.45, 2.75) is 444 Å². The van der Waals surface area contributed by atoms with Crippen molar-refractivity contribution in [1.82, 2.24) is 0 Å². The van der Waals surface area contributed by atoms with Crippen LogP contribution in [0.25, 0.3) is 0 Å². The van der Waals surface area contributed by atoms with E-state index in [9.17, 15) is 4.57 Å². The van der Waals surface area contributed by atoms with E-state index in [1.807, 2.05) is 0 Å². The SMILES string of the molecule is C.C.C.CC1(C)O[C@@H]2C3C(CC[C@@]4(C)C3CC[C@@H]4O[Si](C)(C)C(C)(C)C)[C@@]3(C)CCC=CC3[C@H]2O1.CC1(C)O[C@@H]2C3C(CC[C@@]4(C)C3CC[C@@H]4O[Si](C)(C)C(C)(C)C)[C@@]3(C)CCCCC3[C@H]2O1.CCO.CCOP(=O)(OCC)OC1=CC2[C@H]3OC(C)(C)O[C@@H]3C3C(CC[C@@]4(C)C3CC[C@@H]4O[Si](C)(C)C(C)(C)C)[C@@]2(C)CC1. The van der Waals surface area contributed by atoms with Gasteiger partial charge in [0, 0.05) is 24.9 Å². The number of aliphatic hydroxyl groups excluding tert-OH is 1. The summed E-state index contributed by atoms with van der Waals surface area (Å²) in [6.45, 7) is 70.0. The van der Waals surface area contributed by atoms with Gasteiger partial charge in [-0.25, -0.2) is 4.57 Å². The second kappa shape index (κ2) is 32.5. The highest BCUT2D eigenvalue weighted by Crippen LogP contribution is 2.74. The first kappa shape index (κ1) is 94.5. The van der Waals surface area contributed by atoms with Gasteiger partial charge < -0.3 is 51.3 Å². The molecule has 12 unspecified atom stereocenters. The Morgan fingerprint density at radius 2 is 0.748 bits per heavy atom. The first-order chi connectivity index (χ1) is 49.7. The Labute approximate surface area is 684 Å². The van der Waals surface area contributed by atoms with Crippen LogP contribution in [0.1, 0.15) is 317 Å². The van der Waals surface area contributed by atoms with E-state index in [2.05, 4.69) is 203 Å². The summed E-state index contributed by atoms with van der Waals surface area (Å²) >= 11 is 0. The monoisotopic (exact) mass is 1630 g/mol. The summed E-state index contributed by atoms with van der Waals surface area (Å²) < 4.78 is 92.3. The smallest absolute Gasteiger partial charge is 0.413 e. The van der Waals surface area contributed by atoms with Crippen molar-refractivity contribution in [3.05, 3.63) is 24.0 Å². The first-order valence-corrected chi connectivity index (χ1v) is 54.6. The van der Waals surface area contributed by atoms with E-state index < -0.39 is 50.1 Å². The van der Waals surface area contributed by atoms with Gasteiger partial charge in [-0.3, -0.25) is 9.05 Å². The molecular weight excluding hydrogens is 1460 g/mol. The molecule has 15 aliphatic rings. The minimum Gasteiger partial charge on any atom is -0.413 e. The van der Waals surface area contributed by atoms with Crippen LogP contribution in [0.2, 0.25) is 54.4 Å². The largest absolute Gasteiger partial charge is 0.529 e. The van der Waals surface area contributed by atoms with Crippen LogP contribution in [0, 0.1) is 104 Å². The summed E-state index contributed by atoms with van der Waals surface area (Å²) in [5, 5.41) is 8.30. The van der Waals surface area contributed by atoms with E-state index in [1.54, 1.807) is 20.8 Å². The van der Waals surface area contributed by atoms with Gasteiger partial charge >= 0.3 is 7.82 Å². The number of hydrogen-bond donors (Lipinski definition) is 1. The highest BCUT2D eigenvalue weighted by atomic mass is 31.2. The van der Waals surface area contributed by atoms with Crippen LogP contribution in [0.3, 0.4) is 0 Å². The molecule has 12 aliphatic carbocycles. The molecule has 14 nitrogen and oxygen atoms in total. The lowest BCUT2D eigenvalue weighted by molar-refractivity contribution is -0.182. The Bertz CT molecular complexity index is 3270. The van der Waals surface area contributed by atoms with Gasteiger partial charge in [-0.2, -0.15) is 0 Å². The molecule has 0 aromatic heterocycles. The molecule has 15 rings (SSSR count). The summed E-state index contributed by atoms with van der Waals surface area (Å²) in [6, 6.07) is 0. The van der Waals surface area contributed by atoms with Gasteiger partial charge in [-0.1, -0.05) is 151 Å². The maximum atomic E-state index is 13.3. The van der Waals surface area contributed by atoms with Gasteiger partial charge in [0.05, 0.1) is 68.1 Å². The first-order valence-electron chi connectivity index (χ1n) is 44.4. The Hall–Kier alpha value is -0.319. The third-order valence-corrected chi connectivity index (χ3v) is 49.9. The lowest BCUT2D eigenvalue weighted by atomic mass is 9.44. The molecule has 3 saturated heterocycles. The lowest BCUT2D eigenvalue weighted by Crippen LogP contribution is -2.63. The number of aliphatic hydroxyl groups is 1. The van der Waals surface area contributed by atoms with Crippen molar-refractivity contribution in [2.24, 2.45) is 104 Å². The van der Waals surface area contributed by atoms with Gasteiger partial charge in [0.15, 0.2) is 42.3 Å². The van der Waals surface area contributed by atoms with Crippen LogP contribution in [0.5, 0.6) is 0 Å². The molecule has 0 radical (unpaired) electrons. The summed E-state index contributed by atoms with van der Waals surface area (Å²) in [7, 11) is -9.12. The standard InChI is InChI=1S/C32H57O7PSi.C28H50O3Si.C28H48O3Si.C2H6O.3CH4/c1-12-34-40(33,35-13-2)38-21-16-18-31(8)23-17-19-32(9)22(14-15-25(32)39-41(10,11)29(3,4)5)26(23)28-27(24(31)20-21)36-30(6,7)37-28;2*1-25(2,3)32(8,9)31-21-14-13-18-22-19(15-17-28(18,21)7)27(6)16-11-10-12-20(27)23-24(22)30-26(4,5)29-23;1-2-3;;;/h20,22-28H,12-19H2,1-11H3;18-24H,10-17H2,1-9H3;10,12,18-24H,11,13-17H2,1-9H3;3H,2H2,1H3;3*1H4/t22?,23?,24?,25-,26?,27+,28+,31+,32-;2*18?,19?,20?,21-,22?,23+,24+,27+,28-;;;;/m000..../s1. The van der Waals surface area contributed by atoms with Crippen LogP contribution < -0.4 is 0 Å². The number of ether oxygens (including phenoxy) is 6. The molecule has 1 N–H and O–H groups in total. The Balaban J connectivity index is 0.000000187. The molecule has 111 heavy (non-hydrogen) atoms. The van der Waals surface area contributed by atoms with E-state index in [4.69, 9.17) is 60.4 Å². The van der Waals surface area contributed by atoms with E-state index in [0.717, 1.165) is 31.1 Å². The van der Waals surface area contributed by atoms with E-state index in [1.165, 1.54) is 109 Å². The Morgan fingerprint density at radius 1 is 0.414 bits per heavy atom. The molecule has 3 aliphatic heterocycles. The normalized spacial score (nSPS) is 44.6. The second-order valence-corrected chi connectivity index (χ2v) is 61.1. The number of fused-ring (bicyclic) bond motifs is 24. The highest BCUT2D eigenvalue weighted by Gasteiger charge is 2.73. The summed E-state index contributed by atoms with van der Waals surface area (Å²) in [4.78, 5) is 0. The Kier molecular flexibility index (Phi) is 27.7. The van der Waals surface area contributed by atoms with Crippen LogP contribution in [0.15, 0.2) is 24.0 Å². The maximum Gasteiger partial charge on any atom is 0.529 e. The van der Waals surface area contributed by atoms with E-state index >= 15 is 0 Å². The summed E-state index contributed by atoms with van der Waals surface area (Å²) in [6.07, 6.45) is 34.0. The van der Waals surface area contributed by atoms with Gasteiger partial charge in [0.2, 0.25) is 0 Å². The topological polar surface area (TPSA) is 148 Å². The van der Waals surface area contributed by atoms with Crippen molar-refractivity contribution in [3.63, 3.8) is 0 Å². The predicted octanol–water partition coefficient (Wildman–Crippen LogP) is 25.6. The second-order valence-electron chi connectivity index (χ2n) is 45.2. The van der Waals surface area contributed by atoms with Crippen LogP contribution in [0.4, 0.5) is 0 Å². The predicted molar refractivity (Wildman–Crippen MR) is 463 cm³/mol. The fraction of sp³-hybridized carbons (Fsp3) is 0.957. The third-order valence-electron chi connectivity index (χ3n) is 34.9. The van der Waals surface area contributed by atoms with Crippen LogP contribution in [-0.2, 0) is 59.8 Å². The highest BCUT2D eigenvalue weighted by molar-refractivity contribution is 7.48.